The number of aliphatic carboxylic acids is 1. The maximum atomic E-state index is 11.8. The average molecular weight is 288 g/mol. The molecule has 0 fully saturated rings. The van der Waals surface area contributed by atoms with Gasteiger partial charge in [0, 0.05) is 6.54 Å². The molecule has 0 spiro atoms. The van der Waals surface area contributed by atoms with E-state index in [1.807, 2.05) is 0 Å². The molecule has 2 atom stereocenters. The van der Waals surface area contributed by atoms with Gasteiger partial charge in [0.15, 0.2) is 0 Å². The van der Waals surface area contributed by atoms with Crippen molar-refractivity contribution in [2.75, 3.05) is 19.7 Å². The van der Waals surface area contributed by atoms with Gasteiger partial charge in [-0.05, 0) is 13.0 Å². The lowest BCUT2D eigenvalue weighted by Gasteiger charge is -2.18. The quantitative estimate of drug-likeness (QED) is 0.311. The number of alkyl carbamates (subject to hydrolysis) is 1. The summed E-state index contributed by atoms with van der Waals surface area (Å²) in [6.45, 7) is 3.29. The smallest absolute Gasteiger partial charge is 0.408 e. The molecule has 20 heavy (non-hydrogen) atoms. The zero-order chi connectivity index (χ0) is 15.5. The largest absolute Gasteiger partial charge is 0.480 e. The number of carboxylic acid groups (broad SMARTS) is 1. The lowest BCUT2D eigenvalue weighted by atomic mass is 10.2. The Kier molecular flexibility index (Phi) is 8.72. The van der Waals surface area contributed by atoms with Crippen LogP contribution < -0.4 is 22.1 Å². The Balaban J connectivity index is 4.34. The number of nitrogens with one attached hydrogen (secondary N) is 2. The van der Waals surface area contributed by atoms with Crippen molar-refractivity contribution in [3.05, 3.63) is 12.7 Å². The van der Waals surface area contributed by atoms with Crippen LogP contribution >= 0.6 is 0 Å². The molecule has 114 valence electrons. The fourth-order valence-electron chi connectivity index (χ4n) is 1.18. The summed E-state index contributed by atoms with van der Waals surface area (Å²) >= 11 is 0. The molecule has 1 unspecified atom stereocenters. The molecule has 0 rings (SSSR count). The number of carbonyl (C=O) groups excluding carboxylic acids is 2. The van der Waals surface area contributed by atoms with E-state index in [9.17, 15) is 14.4 Å². The van der Waals surface area contributed by atoms with Gasteiger partial charge in [-0.15, -0.1) is 0 Å². The first-order valence-corrected chi connectivity index (χ1v) is 5.92. The van der Waals surface area contributed by atoms with E-state index in [0.29, 0.717) is 0 Å². The Labute approximate surface area is 116 Å². The Hall–Kier alpha value is -2.13. The third kappa shape index (κ3) is 7.34. The summed E-state index contributed by atoms with van der Waals surface area (Å²) in [5.74, 6) is -1.82. The predicted octanol–water partition coefficient (Wildman–Crippen LogP) is -1.86. The molecule has 0 bridgehead atoms. The summed E-state index contributed by atoms with van der Waals surface area (Å²) in [6.07, 6.45) is 0.766. The number of hydrogen-bond donors (Lipinski definition) is 5. The molecule has 0 saturated carbocycles. The van der Waals surface area contributed by atoms with Crippen molar-refractivity contribution in [2.24, 2.45) is 11.5 Å². The zero-order valence-corrected chi connectivity index (χ0v) is 11.0. The summed E-state index contributed by atoms with van der Waals surface area (Å²) in [5, 5.41) is 13.2. The molecule has 7 N–H and O–H groups in total. The summed E-state index contributed by atoms with van der Waals surface area (Å²) in [5.41, 5.74) is 10.6. The molecule has 0 radical (unpaired) electrons. The summed E-state index contributed by atoms with van der Waals surface area (Å²) in [7, 11) is 0. The number of carboxylic acids is 1. The van der Waals surface area contributed by atoms with Gasteiger partial charge >= 0.3 is 12.1 Å². The predicted molar refractivity (Wildman–Crippen MR) is 70.8 cm³/mol. The number of nitrogens with two attached hydrogens (primary N) is 2. The minimum atomic E-state index is -1.24. The summed E-state index contributed by atoms with van der Waals surface area (Å²) in [6, 6.07) is -2.14. The maximum absolute atomic E-state index is 11.8. The van der Waals surface area contributed by atoms with Gasteiger partial charge in [0.1, 0.15) is 18.7 Å². The van der Waals surface area contributed by atoms with Crippen LogP contribution in [-0.4, -0.2) is 54.9 Å². The van der Waals surface area contributed by atoms with Crippen LogP contribution in [0.5, 0.6) is 0 Å². The Morgan fingerprint density at radius 2 is 2.05 bits per heavy atom. The van der Waals surface area contributed by atoms with Crippen molar-refractivity contribution < 1.29 is 24.2 Å². The Morgan fingerprint density at radius 1 is 1.40 bits per heavy atom. The van der Waals surface area contributed by atoms with Crippen molar-refractivity contribution in [1.29, 1.82) is 0 Å². The van der Waals surface area contributed by atoms with Crippen molar-refractivity contribution in [1.82, 2.24) is 10.6 Å². The van der Waals surface area contributed by atoms with E-state index in [0.717, 1.165) is 0 Å². The van der Waals surface area contributed by atoms with Crippen LogP contribution in [0.3, 0.4) is 0 Å². The molecule has 0 aromatic carbocycles. The van der Waals surface area contributed by atoms with Gasteiger partial charge in [-0.3, -0.25) is 9.59 Å². The van der Waals surface area contributed by atoms with Crippen LogP contribution in [0.2, 0.25) is 0 Å². The Bertz CT molecular complexity index is 361. The van der Waals surface area contributed by atoms with Crippen molar-refractivity contribution in [3.8, 4) is 0 Å². The van der Waals surface area contributed by atoms with Crippen molar-refractivity contribution >= 4 is 18.0 Å². The second-order valence-electron chi connectivity index (χ2n) is 3.85. The first kappa shape index (κ1) is 17.9. The van der Waals surface area contributed by atoms with Crippen molar-refractivity contribution in [2.45, 2.75) is 18.5 Å². The fraction of sp³-hybridized carbons (Fsp3) is 0.545. The van der Waals surface area contributed by atoms with Crippen molar-refractivity contribution in [3.63, 3.8) is 0 Å². The molecule has 0 heterocycles. The van der Waals surface area contributed by atoms with Gasteiger partial charge < -0.3 is 31.9 Å². The normalized spacial score (nSPS) is 12.9. The van der Waals surface area contributed by atoms with E-state index in [1.165, 1.54) is 6.08 Å². The molecule has 9 nitrogen and oxygen atoms in total. The third-order valence-corrected chi connectivity index (χ3v) is 2.21. The standard InChI is InChI=1S/C11H20N4O5/c1-2-5-20-11(19)15-8(3-4-12)9(16)14-6-7(13)10(17)18/h2,7-8H,1,3-6,12-13H2,(H,14,16)(H,15,19)(H,17,18)/t7-,8?/m0/s1. The van der Waals surface area contributed by atoms with E-state index < -0.39 is 30.1 Å². The fourth-order valence-corrected chi connectivity index (χ4v) is 1.18. The molecule has 0 aliphatic carbocycles. The van der Waals surface area contributed by atoms with Crippen LogP contribution in [0.25, 0.3) is 0 Å². The van der Waals surface area contributed by atoms with E-state index in [4.69, 9.17) is 16.6 Å². The van der Waals surface area contributed by atoms with E-state index >= 15 is 0 Å². The highest BCUT2D eigenvalue weighted by Gasteiger charge is 2.22. The number of rotatable bonds is 9. The SMILES string of the molecule is C=CCOC(=O)NC(CCN)C(=O)NC[C@H](N)C(=O)O. The molecule has 0 aliphatic rings. The maximum Gasteiger partial charge on any atom is 0.408 e. The highest BCUT2D eigenvalue weighted by Crippen LogP contribution is 1.93. The molecule has 0 saturated heterocycles. The highest BCUT2D eigenvalue weighted by atomic mass is 16.5. The number of ether oxygens (including phenoxy) is 1. The third-order valence-electron chi connectivity index (χ3n) is 2.21. The van der Waals surface area contributed by atoms with Gasteiger partial charge in [0.25, 0.3) is 0 Å². The monoisotopic (exact) mass is 288 g/mol. The van der Waals surface area contributed by atoms with E-state index in [2.05, 4.69) is 21.9 Å². The first-order chi connectivity index (χ1) is 9.42. The number of hydrogen-bond acceptors (Lipinski definition) is 6. The lowest BCUT2D eigenvalue weighted by molar-refractivity contribution is -0.138. The van der Waals surface area contributed by atoms with E-state index in [1.54, 1.807) is 0 Å². The van der Waals surface area contributed by atoms with Crippen LogP contribution in [0.4, 0.5) is 4.79 Å². The second-order valence-corrected chi connectivity index (χ2v) is 3.85. The van der Waals surface area contributed by atoms with Crippen LogP contribution in [0.15, 0.2) is 12.7 Å². The number of carbonyl (C=O) groups is 3. The van der Waals surface area contributed by atoms with Gasteiger partial charge in [0.2, 0.25) is 5.91 Å². The summed E-state index contributed by atoms with van der Waals surface area (Å²) < 4.78 is 4.67. The second kappa shape index (κ2) is 9.75. The van der Waals surface area contributed by atoms with Gasteiger partial charge in [-0.2, -0.15) is 0 Å². The molecular formula is C11H20N4O5. The van der Waals surface area contributed by atoms with Gasteiger partial charge in [0.05, 0.1) is 0 Å². The van der Waals surface area contributed by atoms with Gasteiger partial charge in [-0.25, -0.2) is 4.79 Å². The van der Waals surface area contributed by atoms with E-state index in [-0.39, 0.29) is 26.1 Å². The van der Waals surface area contributed by atoms with Crippen LogP contribution in [0, 0.1) is 0 Å². The molecule has 0 aromatic rings. The highest BCUT2D eigenvalue weighted by molar-refractivity contribution is 5.86. The minimum absolute atomic E-state index is 0.00663. The van der Waals surface area contributed by atoms with Gasteiger partial charge in [-0.1, -0.05) is 12.7 Å². The van der Waals surface area contributed by atoms with Crippen LogP contribution in [0.1, 0.15) is 6.42 Å². The molecular weight excluding hydrogens is 268 g/mol. The molecule has 0 aromatic heterocycles. The summed E-state index contributed by atoms with van der Waals surface area (Å²) in [4.78, 5) is 33.6. The molecule has 2 amide bonds. The first-order valence-electron chi connectivity index (χ1n) is 5.92. The lowest BCUT2D eigenvalue weighted by Crippen LogP contribution is -2.51. The molecule has 0 aliphatic heterocycles. The minimum Gasteiger partial charge on any atom is -0.480 e. The zero-order valence-electron chi connectivity index (χ0n) is 11.0. The Morgan fingerprint density at radius 3 is 2.55 bits per heavy atom. The van der Waals surface area contributed by atoms with Crippen LogP contribution in [-0.2, 0) is 14.3 Å². The average Bonchev–Trinajstić information content (AvgIpc) is 2.41. The topological polar surface area (TPSA) is 157 Å². The molecule has 9 heteroatoms. The number of amides is 2.